The maximum absolute atomic E-state index is 13.1. The van der Waals surface area contributed by atoms with E-state index >= 15 is 0 Å². The van der Waals surface area contributed by atoms with E-state index in [2.05, 4.69) is 56.6 Å². The van der Waals surface area contributed by atoms with Crippen LogP contribution < -0.4 is 9.47 Å². The van der Waals surface area contributed by atoms with E-state index < -0.39 is 5.60 Å². The number of carbonyl (C=O) groups excluding carboxylic acids is 1. The predicted octanol–water partition coefficient (Wildman–Crippen LogP) is 8.26. The molecule has 0 N–H and O–H groups in total. The lowest BCUT2D eigenvalue weighted by molar-refractivity contribution is -0.134. The van der Waals surface area contributed by atoms with Crippen molar-refractivity contribution >= 4 is 5.97 Å². The molecule has 0 spiro atoms. The molecule has 0 radical (unpaired) electrons. The van der Waals surface area contributed by atoms with Crippen molar-refractivity contribution in [2.75, 3.05) is 19.6 Å². The molecule has 0 amide bonds. The second-order valence-corrected chi connectivity index (χ2v) is 12.0. The summed E-state index contributed by atoms with van der Waals surface area (Å²) in [7, 11) is 0. The van der Waals surface area contributed by atoms with Gasteiger partial charge in [0.25, 0.3) is 0 Å². The Morgan fingerprint density at radius 3 is 2.66 bits per heavy atom. The van der Waals surface area contributed by atoms with Gasteiger partial charge in [0.2, 0.25) is 0 Å². The lowest BCUT2D eigenvalue weighted by atomic mass is 9.82. The highest BCUT2D eigenvalue weighted by molar-refractivity contribution is 5.85. The second-order valence-electron chi connectivity index (χ2n) is 12.0. The maximum Gasteiger partial charge on any atom is 0.311 e. The number of aromatic nitrogens is 1. The second kappa shape index (κ2) is 13.1. The Morgan fingerprint density at radius 2 is 1.89 bits per heavy atom. The minimum Gasteiger partial charge on any atom is -0.482 e. The molecule has 4 rings (SSSR count). The van der Waals surface area contributed by atoms with Crippen LogP contribution in [0.3, 0.4) is 0 Å². The fraction of sp³-hybridized carbons (Fsp3) is 0.636. The van der Waals surface area contributed by atoms with Gasteiger partial charge in [-0.15, -0.1) is 0 Å². The van der Waals surface area contributed by atoms with Crippen LogP contribution in [0.25, 0.3) is 11.1 Å². The number of piperidine rings is 1. The summed E-state index contributed by atoms with van der Waals surface area (Å²) in [6.07, 6.45) is 14.9. The molecule has 5 nitrogen and oxygen atoms in total. The number of ether oxygens (including phenoxy) is 2. The number of fused-ring (bicyclic) bond motifs is 3. The highest BCUT2D eigenvalue weighted by Gasteiger charge is 2.35. The quantitative estimate of drug-likeness (QED) is 0.160. The van der Waals surface area contributed by atoms with Crippen molar-refractivity contribution in [3.63, 3.8) is 0 Å². The van der Waals surface area contributed by atoms with Gasteiger partial charge in [0.15, 0.2) is 0 Å². The normalized spacial score (nSPS) is 18.1. The van der Waals surface area contributed by atoms with E-state index in [1.165, 1.54) is 63.6 Å². The summed E-state index contributed by atoms with van der Waals surface area (Å²) in [5.74, 6) is 2.09. The molecule has 38 heavy (non-hydrogen) atoms. The number of benzene rings is 1. The number of nitrogens with zero attached hydrogens (tertiary/aromatic N) is 2. The minimum atomic E-state index is -0.490. The van der Waals surface area contributed by atoms with Crippen molar-refractivity contribution in [1.29, 1.82) is 0 Å². The van der Waals surface area contributed by atoms with Crippen LogP contribution in [0.15, 0.2) is 30.6 Å². The Balaban J connectivity index is 1.55. The molecule has 0 saturated carbocycles. The summed E-state index contributed by atoms with van der Waals surface area (Å²) >= 11 is 0. The molecule has 2 aliphatic rings. The van der Waals surface area contributed by atoms with Crippen molar-refractivity contribution < 1.29 is 14.3 Å². The van der Waals surface area contributed by atoms with Crippen molar-refractivity contribution in [2.24, 2.45) is 5.92 Å². The van der Waals surface area contributed by atoms with Gasteiger partial charge in [0.1, 0.15) is 17.1 Å². The first kappa shape index (κ1) is 28.6. The number of pyridine rings is 1. The molecule has 2 atom stereocenters. The summed E-state index contributed by atoms with van der Waals surface area (Å²) < 4.78 is 12.7. The molecule has 1 fully saturated rings. The first-order valence-electron chi connectivity index (χ1n) is 15.0. The van der Waals surface area contributed by atoms with Crippen molar-refractivity contribution in [2.45, 2.75) is 110 Å². The van der Waals surface area contributed by atoms with E-state index in [0.29, 0.717) is 24.0 Å². The van der Waals surface area contributed by atoms with Gasteiger partial charge in [-0.3, -0.25) is 9.78 Å². The van der Waals surface area contributed by atoms with Gasteiger partial charge in [0, 0.05) is 29.9 Å². The van der Waals surface area contributed by atoms with Gasteiger partial charge in [-0.25, -0.2) is 0 Å². The molecule has 0 aliphatic carbocycles. The summed E-state index contributed by atoms with van der Waals surface area (Å²) in [5, 5.41) is 0. The largest absolute Gasteiger partial charge is 0.482 e. The monoisotopic (exact) mass is 520 g/mol. The number of esters is 1. The van der Waals surface area contributed by atoms with E-state index in [1.54, 1.807) is 6.20 Å². The highest BCUT2D eigenvalue weighted by Crippen LogP contribution is 2.50. The third-order valence-corrected chi connectivity index (χ3v) is 8.61. The number of hydrogen-bond donors (Lipinski definition) is 0. The third-order valence-electron chi connectivity index (χ3n) is 8.61. The minimum absolute atomic E-state index is 0.165. The molecule has 208 valence electrons. The van der Waals surface area contributed by atoms with Gasteiger partial charge in [0.05, 0.1) is 5.56 Å². The first-order valence-corrected chi connectivity index (χ1v) is 15.0. The molecule has 2 aromatic rings. The Morgan fingerprint density at radius 1 is 1.11 bits per heavy atom. The zero-order chi connectivity index (χ0) is 27.1. The summed E-state index contributed by atoms with van der Waals surface area (Å²) in [5.41, 5.74) is 3.58. The summed E-state index contributed by atoms with van der Waals surface area (Å²) in [4.78, 5) is 20.0. The van der Waals surface area contributed by atoms with Crippen molar-refractivity contribution in [3.8, 4) is 22.6 Å². The standard InChI is InChI=1S/C33H48N2O3/c1-6-7-9-14-24(2)25(3)26-21-29(37-31(36)15-10-13-20-35-18-11-8-12-19-35)32-27-23-34-17-16-28(27)33(4,5)38-30(32)22-26/h16-17,21-25H,6-15,18-20H2,1-5H3. The Labute approximate surface area is 230 Å². The molecule has 5 heteroatoms. The fourth-order valence-electron chi connectivity index (χ4n) is 6.00. The Hall–Kier alpha value is -2.40. The smallest absolute Gasteiger partial charge is 0.311 e. The third kappa shape index (κ3) is 6.97. The molecular formula is C33H48N2O3. The lowest BCUT2D eigenvalue weighted by Crippen LogP contribution is -2.30. The van der Waals surface area contributed by atoms with Gasteiger partial charge in [-0.1, -0.05) is 52.9 Å². The van der Waals surface area contributed by atoms with Crippen LogP contribution in [0.5, 0.6) is 11.5 Å². The SMILES string of the molecule is CCCCCC(C)C(C)c1cc(OC(=O)CCCCN2CCCCC2)c2c(c1)OC(C)(C)c1ccncc1-2. The summed E-state index contributed by atoms with van der Waals surface area (Å²) in [6, 6.07) is 6.27. The highest BCUT2D eigenvalue weighted by atomic mass is 16.5. The van der Waals surface area contributed by atoms with Crippen molar-refractivity contribution in [3.05, 3.63) is 41.7 Å². The molecule has 3 heterocycles. The fourth-order valence-corrected chi connectivity index (χ4v) is 6.00. The molecular weight excluding hydrogens is 472 g/mol. The molecule has 2 aliphatic heterocycles. The molecule has 2 unspecified atom stereocenters. The van der Waals surface area contributed by atoms with Crippen LogP contribution in [-0.4, -0.2) is 35.5 Å². The molecule has 0 bridgehead atoms. The van der Waals surface area contributed by atoms with Gasteiger partial charge in [-0.2, -0.15) is 0 Å². The topological polar surface area (TPSA) is 51.7 Å². The zero-order valence-electron chi connectivity index (χ0n) is 24.4. The van der Waals surface area contributed by atoms with Crippen LogP contribution in [0, 0.1) is 5.92 Å². The van der Waals surface area contributed by atoms with Gasteiger partial charge >= 0.3 is 5.97 Å². The lowest BCUT2D eigenvalue weighted by Gasteiger charge is -2.36. The maximum atomic E-state index is 13.1. The number of unbranched alkanes of at least 4 members (excludes halogenated alkanes) is 3. The van der Waals surface area contributed by atoms with Crippen molar-refractivity contribution in [1.82, 2.24) is 9.88 Å². The zero-order valence-corrected chi connectivity index (χ0v) is 24.4. The molecule has 1 aromatic heterocycles. The predicted molar refractivity (Wildman–Crippen MR) is 155 cm³/mol. The van der Waals surface area contributed by atoms with E-state index in [0.717, 1.165) is 41.8 Å². The number of rotatable bonds is 12. The number of carbonyl (C=O) groups is 1. The first-order chi connectivity index (χ1) is 18.3. The van der Waals surface area contributed by atoms with E-state index in [9.17, 15) is 4.79 Å². The van der Waals surface area contributed by atoms with Crippen LogP contribution in [0.2, 0.25) is 0 Å². The van der Waals surface area contributed by atoms with Crippen LogP contribution in [0.4, 0.5) is 0 Å². The number of hydrogen-bond acceptors (Lipinski definition) is 5. The van der Waals surface area contributed by atoms with Crippen LogP contribution in [0.1, 0.15) is 116 Å². The number of likely N-dealkylation sites (tertiary alicyclic amines) is 1. The molecule has 1 aromatic carbocycles. The van der Waals surface area contributed by atoms with E-state index in [4.69, 9.17) is 9.47 Å². The average molecular weight is 521 g/mol. The van der Waals surface area contributed by atoms with Crippen LogP contribution in [-0.2, 0) is 10.4 Å². The average Bonchev–Trinajstić information content (AvgIpc) is 2.91. The van der Waals surface area contributed by atoms with Gasteiger partial charge in [-0.05, 0) is 94.8 Å². The van der Waals surface area contributed by atoms with E-state index in [-0.39, 0.29) is 5.97 Å². The van der Waals surface area contributed by atoms with Crippen LogP contribution >= 0.6 is 0 Å². The molecule has 1 saturated heterocycles. The van der Waals surface area contributed by atoms with E-state index in [1.807, 2.05) is 12.3 Å². The Bertz CT molecular complexity index is 1070. The summed E-state index contributed by atoms with van der Waals surface area (Å²) in [6.45, 7) is 14.5. The Kier molecular flexibility index (Phi) is 9.86. The van der Waals surface area contributed by atoms with Gasteiger partial charge < -0.3 is 14.4 Å².